The van der Waals surface area contributed by atoms with Crippen LogP contribution in [-0.2, 0) is 4.74 Å². The van der Waals surface area contributed by atoms with Crippen molar-refractivity contribution in [2.24, 2.45) is 11.1 Å². The Morgan fingerprint density at radius 1 is 1.29 bits per heavy atom. The molecule has 0 aliphatic heterocycles. The molecular weight excluding hydrogens is 176 g/mol. The number of ether oxygens (including phenoxy) is 1. The molecule has 0 saturated carbocycles. The van der Waals surface area contributed by atoms with Gasteiger partial charge in [0, 0.05) is 20.2 Å². The van der Waals surface area contributed by atoms with Crippen molar-refractivity contribution in [2.45, 2.75) is 26.7 Å². The van der Waals surface area contributed by atoms with Crippen molar-refractivity contribution in [3.63, 3.8) is 0 Å². The summed E-state index contributed by atoms with van der Waals surface area (Å²) in [5.74, 6) is 0. The monoisotopic (exact) mass is 202 g/mol. The second-order valence-electron chi connectivity index (χ2n) is 4.14. The van der Waals surface area contributed by atoms with Crippen molar-refractivity contribution in [1.29, 1.82) is 0 Å². The molecule has 0 saturated heterocycles. The zero-order valence-electron chi connectivity index (χ0n) is 10.2. The van der Waals surface area contributed by atoms with E-state index in [9.17, 15) is 0 Å². The minimum atomic E-state index is 0.294. The zero-order valence-corrected chi connectivity index (χ0v) is 10.2. The van der Waals surface area contributed by atoms with Crippen LogP contribution >= 0.6 is 0 Å². The Morgan fingerprint density at radius 2 is 1.86 bits per heavy atom. The van der Waals surface area contributed by atoms with E-state index < -0.39 is 0 Å². The number of hydrogen-bond donors (Lipinski definition) is 1. The summed E-state index contributed by atoms with van der Waals surface area (Å²) in [7, 11) is 3.87. The molecule has 3 nitrogen and oxygen atoms in total. The molecule has 0 heterocycles. The Hall–Kier alpha value is -0.120. The average molecular weight is 202 g/mol. The van der Waals surface area contributed by atoms with Gasteiger partial charge in [0.2, 0.25) is 0 Å². The molecule has 0 spiro atoms. The second kappa shape index (κ2) is 7.21. The van der Waals surface area contributed by atoms with Gasteiger partial charge in [0.15, 0.2) is 0 Å². The highest BCUT2D eigenvalue weighted by molar-refractivity contribution is 4.80. The van der Waals surface area contributed by atoms with E-state index in [0.717, 1.165) is 39.1 Å². The van der Waals surface area contributed by atoms with Crippen LogP contribution in [-0.4, -0.2) is 45.3 Å². The number of nitrogens with two attached hydrogens (primary N) is 1. The molecule has 0 aromatic rings. The Morgan fingerprint density at radius 3 is 2.21 bits per heavy atom. The van der Waals surface area contributed by atoms with Gasteiger partial charge in [0.05, 0.1) is 6.61 Å². The summed E-state index contributed by atoms with van der Waals surface area (Å²) in [6, 6.07) is 0. The van der Waals surface area contributed by atoms with Crippen molar-refractivity contribution >= 4 is 0 Å². The van der Waals surface area contributed by atoms with Gasteiger partial charge in [-0.3, -0.25) is 0 Å². The fourth-order valence-electron chi connectivity index (χ4n) is 1.73. The summed E-state index contributed by atoms with van der Waals surface area (Å²) >= 11 is 0. The SMILES string of the molecule is CCC(CC)(CN)CN(C)CCOC. The van der Waals surface area contributed by atoms with Crippen molar-refractivity contribution in [2.75, 3.05) is 40.4 Å². The minimum Gasteiger partial charge on any atom is -0.383 e. The molecule has 0 atom stereocenters. The van der Waals surface area contributed by atoms with E-state index in [0.29, 0.717) is 5.41 Å². The van der Waals surface area contributed by atoms with E-state index in [1.165, 1.54) is 0 Å². The lowest BCUT2D eigenvalue weighted by Gasteiger charge is -2.34. The fourth-order valence-corrected chi connectivity index (χ4v) is 1.73. The molecule has 2 N–H and O–H groups in total. The average Bonchev–Trinajstić information content (AvgIpc) is 2.23. The summed E-state index contributed by atoms with van der Waals surface area (Å²) in [4.78, 5) is 2.31. The number of methoxy groups -OCH3 is 1. The van der Waals surface area contributed by atoms with E-state index in [2.05, 4.69) is 25.8 Å². The van der Waals surface area contributed by atoms with Crippen LogP contribution in [0.3, 0.4) is 0 Å². The summed E-state index contributed by atoms with van der Waals surface area (Å²) < 4.78 is 5.05. The van der Waals surface area contributed by atoms with E-state index in [4.69, 9.17) is 10.5 Å². The predicted molar refractivity (Wildman–Crippen MR) is 61.4 cm³/mol. The van der Waals surface area contributed by atoms with Crippen molar-refractivity contribution in [3.8, 4) is 0 Å². The molecule has 0 aromatic heterocycles. The topological polar surface area (TPSA) is 38.5 Å². The number of nitrogens with zero attached hydrogens (tertiary/aromatic N) is 1. The molecule has 0 radical (unpaired) electrons. The van der Waals surface area contributed by atoms with Gasteiger partial charge >= 0.3 is 0 Å². The van der Waals surface area contributed by atoms with Crippen LogP contribution in [0.25, 0.3) is 0 Å². The third-order valence-corrected chi connectivity index (χ3v) is 3.22. The molecule has 0 aliphatic rings. The summed E-state index contributed by atoms with van der Waals surface area (Å²) in [5.41, 5.74) is 6.14. The molecule has 86 valence electrons. The van der Waals surface area contributed by atoms with E-state index in [-0.39, 0.29) is 0 Å². The highest BCUT2D eigenvalue weighted by atomic mass is 16.5. The molecule has 0 unspecified atom stereocenters. The van der Waals surface area contributed by atoms with Crippen molar-refractivity contribution < 1.29 is 4.74 Å². The first-order chi connectivity index (χ1) is 6.64. The quantitative estimate of drug-likeness (QED) is 0.645. The van der Waals surface area contributed by atoms with Gasteiger partial charge in [-0.05, 0) is 31.8 Å². The van der Waals surface area contributed by atoms with Gasteiger partial charge in [-0.2, -0.15) is 0 Å². The molecule has 14 heavy (non-hydrogen) atoms. The van der Waals surface area contributed by atoms with Crippen LogP contribution in [0.4, 0.5) is 0 Å². The first kappa shape index (κ1) is 13.9. The lowest BCUT2D eigenvalue weighted by Crippen LogP contribution is -2.41. The van der Waals surface area contributed by atoms with Crippen LogP contribution in [0, 0.1) is 5.41 Å². The largest absolute Gasteiger partial charge is 0.383 e. The van der Waals surface area contributed by atoms with Gasteiger partial charge in [-0.25, -0.2) is 0 Å². The molecule has 3 heteroatoms. The van der Waals surface area contributed by atoms with Crippen molar-refractivity contribution in [3.05, 3.63) is 0 Å². The Kier molecular flexibility index (Phi) is 7.15. The first-order valence-corrected chi connectivity index (χ1v) is 5.51. The maximum atomic E-state index is 5.85. The van der Waals surface area contributed by atoms with Crippen LogP contribution in [0.2, 0.25) is 0 Å². The minimum absolute atomic E-state index is 0.294. The number of likely N-dealkylation sites (N-methyl/N-ethyl adjacent to an activating group) is 1. The molecule has 0 rings (SSSR count). The first-order valence-electron chi connectivity index (χ1n) is 5.51. The normalized spacial score (nSPS) is 12.4. The van der Waals surface area contributed by atoms with Crippen molar-refractivity contribution in [1.82, 2.24) is 4.90 Å². The maximum Gasteiger partial charge on any atom is 0.0589 e. The molecule has 0 aliphatic carbocycles. The smallest absolute Gasteiger partial charge is 0.0589 e. The van der Waals surface area contributed by atoms with Crippen LogP contribution in [0.5, 0.6) is 0 Å². The van der Waals surface area contributed by atoms with Gasteiger partial charge in [0.1, 0.15) is 0 Å². The fraction of sp³-hybridized carbons (Fsp3) is 1.00. The third kappa shape index (κ3) is 4.40. The summed E-state index contributed by atoms with van der Waals surface area (Å²) in [6.07, 6.45) is 2.30. The Labute approximate surface area is 88.6 Å². The number of rotatable bonds is 8. The van der Waals surface area contributed by atoms with Crippen LogP contribution < -0.4 is 5.73 Å². The standard InChI is InChI=1S/C11H26N2O/c1-5-11(6-2,9-12)10-13(3)7-8-14-4/h5-10,12H2,1-4H3. The Bertz CT molecular complexity index is 127. The van der Waals surface area contributed by atoms with Crippen LogP contribution in [0.1, 0.15) is 26.7 Å². The van der Waals surface area contributed by atoms with Crippen LogP contribution in [0.15, 0.2) is 0 Å². The van der Waals surface area contributed by atoms with Gasteiger partial charge in [-0.1, -0.05) is 13.8 Å². The zero-order chi connectivity index (χ0) is 11.0. The van der Waals surface area contributed by atoms with Gasteiger partial charge in [0.25, 0.3) is 0 Å². The maximum absolute atomic E-state index is 5.85. The van der Waals surface area contributed by atoms with E-state index in [1.807, 2.05) is 0 Å². The molecule has 0 bridgehead atoms. The summed E-state index contributed by atoms with van der Waals surface area (Å²) in [5, 5.41) is 0. The Balaban J connectivity index is 4.01. The highest BCUT2D eigenvalue weighted by Gasteiger charge is 2.25. The second-order valence-corrected chi connectivity index (χ2v) is 4.14. The summed E-state index contributed by atoms with van der Waals surface area (Å²) in [6.45, 7) is 8.07. The van der Waals surface area contributed by atoms with Gasteiger partial charge in [-0.15, -0.1) is 0 Å². The lowest BCUT2D eigenvalue weighted by atomic mass is 9.82. The molecule has 0 fully saturated rings. The van der Waals surface area contributed by atoms with Gasteiger partial charge < -0.3 is 15.4 Å². The third-order valence-electron chi connectivity index (χ3n) is 3.22. The molecule has 0 aromatic carbocycles. The highest BCUT2D eigenvalue weighted by Crippen LogP contribution is 2.25. The van der Waals surface area contributed by atoms with E-state index in [1.54, 1.807) is 7.11 Å². The van der Waals surface area contributed by atoms with E-state index >= 15 is 0 Å². The number of hydrogen-bond acceptors (Lipinski definition) is 3. The molecule has 0 amide bonds. The lowest BCUT2D eigenvalue weighted by molar-refractivity contribution is 0.120. The predicted octanol–water partition coefficient (Wildman–Crippen LogP) is 1.33. The molecular formula is C11H26N2O.